The predicted octanol–water partition coefficient (Wildman–Crippen LogP) is 5.78. The van der Waals surface area contributed by atoms with Crippen LogP contribution in [0.2, 0.25) is 0 Å². The van der Waals surface area contributed by atoms with Gasteiger partial charge in [0.2, 0.25) is 0 Å². The van der Waals surface area contributed by atoms with Gasteiger partial charge >= 0.3 is 0 Å². The Hall–Kier alpha value is -1.32. The zero-order valence-corrected chi connectivity index (χ0v) is 19.5. The molecule has 0 aromatic heterocycles. The SMILES string of the molecule is CC(O)CC(O)C=C1CCCC(Cc2cc(C(C)(C)C)c(O)c(C(C)(C)C)c2)C1. The van der Waals surface area contributed by atoms with Gasteiger partial charge in [-0.25, -0.2) is 0 Å². The second-order valence-electron chi connectivity index (χ2n) is 11.2. The van der Waals surface area contributed by atoms with E-state index in [-0.39, 0.29) is 10.8 Å². The van der Waals surface area contributed by atoms with E-state index in [1.165, 1.54) is 17.6 Å². The molecule has 0 bridgehead atoms. The van der Waals surface area contributed by atoms with Crippen molar-refractivity contribution in [2.24, 2.45) is 5.92 Å². The minimum atomic E-state index is -0.558. The molecule has 3 unspecified atom stereocenters. The van der Waals surface area contributed by atoms with Gasteiger partial charge in [-0.2, -0.15) is 0 Å². The smallest absolute Gasteiger partial charge is 0.123 e. The Labute approximate surface area is 177 Å². The molecule has 2 rings (SSSR count). The summed E-state index contributed by atoms with van der Waals surface area (Å²) in [5.74, 6) is 0.998. The summed E-state index contributed by atoms with van der Waals surface area (Å²) in [6.07, 6.45) is 6.72. The minimum Gasteiger partial charge on any atom is -0.507 e. The zero-order valence-electron chi connectivity index (χ0n) is 19.5. The van der Waals surface area contributed by atoms with Crippen molar-refractivity contribution < 1.29 is 15.3 Å². The molecule has 0 aliphatic heterocycles. The van der Waals surface area contributed by atoms with Crippen LogP contribution in [0.25, 0.3) is 0 Å². The Morgan fingerprint density at radius 2 is 1.59 bits per heavy atom. The molecule has 1 fully saturated rings. The molecular formula is C26H42O3. The molecule has 0 spiro atoms. The third kappa shape index (κ3) is 6.86. The molecule has 0 heterocycles. The van der Waals surface area contributed by atoms with Crippen LogP contribution >= 0.6 is 0 Å². The predicted molar refractivity (Wildman–Crippen MR) is 122 cm³/mol. The van der Waals surface area contributed by atoms with Crippen LogP contribution < -0.4 is 0 Å². The van der Waals surface area contributed by atoms with Gasteiger partial charge in [0, 0.05) is 6.42 Å². The van der Waals surface area contributed by atoms with Crippen molar-refractivity contribution in [2.45, 2.75) is 110 Å². The first-order chi connectivity index (χ1) is 13.3. The molecule has 1 aliphatic rings. The van der Waals surface area contributed by atoms with Gasteiger partial charge < -0.3 is 15.3 Å². The molecule has 3 heteroatoms. The lowest BCUT2D eigenvalue weighted by molar-refractivity contribution is 0.115. The van der Waals surface area contributed by atoms with Crippen molar-refractivity contribution in [3.63, 3.8) is 0 Å². The van der Waals surface area contributed by atoms with E-state index < -0.39 is 12.2 Å². The van der Waals surface area contributed by atoms with Gasteiger partial charge in [-0.3, -0.25) is 0 Å². The topological polar surface area (TPSA) is 60.7 Å². The van der Waals surface area contributed by atoms with E-state index in [1.54, 1.807) is 6.92 Å². The van der Waals surface area contributed by atoms with E-state index in [0.29, 0.717) is 18.1 Å². The molecule has 1 aliphatic carbocycles. The molecule has 29 heavy (non-hydrogen) atoms. The van der Waals surface area contributed by atoms with Crippen LogP contribution in [0.15, 0.2) is 23.8 Å². The van der Waals surface area contributed by atoms with Gasteiger partial charge in [-0.05, 0) is 72.5 Å². The maximum absolute atomic E-state index is 10.9. The first kappa shape index (κ1) is 24.0. The fourth-order valence-electron chi connectivity index (χ4n) is 4.50. The Kier molecular flexibility index (Phi) is 7.62. The summed E-state index contributed by atoms with van der Waals surface area (Å²) in [7, 11) is 0. The summed E-state index contributed by atoms with van der Waals surface area (Å²) >= 11 is 0. The largest absolute Gasteiger partial charge is 0.507 e. The van der Waals surface area contributed by atoms with Crippen LogP contribution in [0.5, 0.6) is 5.75 Å². The first-order valence-electron chi connectivity index (χ1n) is 11.2. The monoisotopic (exact) mass is 402 g/mol. The van der Waals surface area contributed by atoms with Crippen molar-refractivity contribution in [2.75, 3.05) is 0 Å². The van der Waals surface area contributed by atoms with Crippen molar-refractivity contribution in [3.05, 3.63) is 40.5 Å². The average molecular weight is 403 g/mol. The van der Waals surface area contributed by atoms with Crippen LogP contribution in [0, 0.1) is 5.92 Å². The van der Waals surface area contributed by atoms with Gasteiger partial charge in [0.1, 0.15) is 5.75 Å². The third-order valence-electron chi connectivity index (χ3n) is 5.98. The molecule has 3 N–H and O–H groups in total. The summed E-state index contributed by atoms with van der Waals surface area (Å²) in [5.41, 5.74) is 4.46. The van der Waals surface area contributed by atoms with Crippen LogP contribution in [0.1, 0.15) is 97.3 Å². The average Bonchev–Trinajstić information content (AvgIpc) is 2.53. The van der Waals surface area contributed by atoms with Crippen molar-refractivity contribution in [1.82, 2.24) is 0 Å². The van der Waals surface area contributed by atoms with Gasteiger partial charge in [0.15, 0.2) is 0 Å². The maximum atomic E-state index is 10.9. The van der Waals surface area contributed by atoms with Crippen molar-refractivity contribution >= 4 is 0 Å². The summed E-state index contributed by atoms with van der Waals surface area (Å²) in [5, 5.41) is 30.6. The standard InChI is InChI=1S/C26H42O3/c1-17(27)11-21(28)14-19-10-8-9-18(12-19)13-20-15-22(25(2,3)4)24(29)23(16-20)26(5,6)7/h14-18,21,27-29H,8-13H2,1-7H3. The van der Waals surface area contributed by atoms with Crippen LogP contribution in [0.3, 0.4) is 0 Å². The quantitative estimate of drug-likeness (QED) is 0.547. The number of hydrogen-bond donors (Lipinski definition) is 3. The van der Waals surface area contributed by atoms with Crippen LogP contribution in [0.4, 0.5) is 0 Å². The highest BCUT2D eigenvalue weighted by Crippen LogP contribution is 2.41. The number of allylic oxidation sites excluding steroid dienone is 1. The molecule has 164 valence electrons. The van der Waals surface area contributed by atoms with Gasteiger partial charge in [-0.1, -0.05) is 65.3 Å². The summed E-state index contributed by atoms with van der Waals surface area (Å²) in [4.78, 5) is 0. The van der Waals surface area contributed by atoms with Crippen LogP contribution in [-0.4, -0.2) is 27.5 Å². The Morgan fingerprint density at radius 3 is 2.07 bits per heavy atom. The number of aromatic hydroxyl groups is 1. The Bertz CT molecular complexity index is 681. The molecule has 0 saturated heterocycles. The number of phenolic OH excluding ortho intramolecular Hbond substituents is 1. The lowest BCUT2D eigenvalue weighted by Crippen LogP contribution is -2.19. The normalized spacial score (nSPS) is 22.0. The molecule has 1 aromatic carbocycles. The number of benzene rings is 1. The molecule has 3 nitrogen and oxygen atoms in total. The molecular weight excluding hydrogens is 360 g/mol. The van der Waals surface area contributed by atoms with E-state index in [4.69, 9.17) is 0 Å². The Balaban J connectivity index is 2.26. The number of phenols is 1. The Morgan fingerprint density at radius 1 is 1.03 bits per heavy atom. The molecule has 0 amide bonds. The summed E-state index contributed by atoms with van der Waals surface area (Å²) in [6, 6.07) is 4.40. The fraction of sp³-hybridized carbons (Fsp3) is 0.692. The maximum Gasteiger partial charge on any atom is 0.123 e. The van der Waals surface area contributed by atoms with E-state index in [9.17, 15) is 15.3 Å². The van der Waals surface area contributed by atoms with Gasteiger partial charge in [-0.15, -0.1) is 0 Å². The van der Waals surface area contributed by atoms with E-state index >= 15 is 0 Å². The van der Waals surface area contributed by atoms with Crippen LogP contribution in [-0.2, 0) is 17.3 Å². The lowest BCUT2D eigenvalue weighted by Gasteiger charge is -2.30. The molecule has 0 radical (unpaired) electrons. The van der Waals surface area contributed by atoms with E-state index in [1.807, 2.05) is 6.08 Å². The number of aliphatic hydroxyl groups excluding tert-OH is 2. The van der Waals surface area contributed by atoms with E-state index in [0.717, 1.165) is 36.8 Å². The minimum absolute atomic E-state index is 0.108. The summed E-state index contributed by atoms with van der Waals surface area (Å²) in [6.45, 7) is 14.7. The molecule has 1 aromatic rings. The van der Waals surface area contributed by atoms with Crippen molar-refractivity contribution in [1.29, 1.82) is 0 Å². The van der Waals surface area contributed by atoms with Crippen molar-refractivity contribution in [3.8, 4) is 5.75 Å². The van der Waals surface area contributed by atoms with Gasteiger partial charge in [0.05, 0.1) is 12.2 Å². The second-order valence-corrected chi connectivity index (χ2v) is 11.2. The second kappa shape index (κ2) is 9.22. The lowest BCUT2D eigenvalue weighted by atomic mass is 9.76. The van der Waals surface area contributed by atoms with Gasteiger partial charge in [0.25, 0.3) is 0 Å². The highest BCUT2D eigenvalue weighted by molar-refractivity contribution is 5.50. The molecule has 1 saturated carbocycles. The number of hydrogen-bond acceptors (Lipinski definition) is 3. The number of aliphatic hydroxyl groups is 2. The molecule has 3 atom stereocenters. The number of rotatable bonds is 5. The summed E-state index contributed by atoms with van der Waals surface area (Å²) < 4.78 is 0. The fourth-order valence-corrected chi connectivity index (χ4v) is 4.50. The highest BCUT2D eigenvalue weighted by atomic mass is 16.3. The van der Waals surface area contributed by atoms with E-state index in [2.05, 4.69) is 53.7 Å². The third-order valence-corrected chi connectivity index (χ3v) is 5.98. The first-order valence-corrected chi connectivity index (χ1v) is 11.2. The zero-order chi connectivity index (χ0) is 22.0. The highest BCUT2D eigenvalue weighted by Gasteiger charge is 2.27.